The van der Waals surface area contributed by atoms with Gasteiger partial charge in [-0.15, -0.1) is 0 Å². The molecule has 21 heavy (non-hydrogen) atoms. The van der Waals surface area contributed by atoms with Gasteiger partial charge in [-0.25, -0.2) is 4.98 Å². The Labute approximate surface area is 127 Å². The Morgan fingerprint density at radius 1 is 1.24 bits per heavy atom. The Bertz CT molecular complexity index is 669. The molecule has 0 bridgehead atoms. The summed E-state index contributed by atoms with van der Waals surface area (Å²) in [5, 5.41) is 2.51. The number of benzene rings is 1. The number of halogens is 4. The van der Waals surface area contributed by atoms with Crippen LogP contribution in [0.5, 0.6) is 0 Å². The highest BCUT2D eigenvalue weighted by Gasteiger charge is 2.32. The van der Waals surface area contributed by atoms with Crippen LogP contribution in [-0.4, -0.2) is 10.9 Å². The first-order valence-electron chi connectivity index (χ1n) is 5.89. The third-order valence-corrected chi connectivity index (χ3v) is 3.80. The summed E-state index contributed by atoms with van der Waals surface area (Å²) in [6.45, 7) is 1.83. The number of nitrogens with zero attached hydrogens (tertiary/aromatic N) is 1. The van der Waals surface area contributed by atoms with E-state index in [9.17, 15) is 18.0 Å². The molecule has 0 radical (unpaired) electrons. The Morgan fingerprint density at radius 3 is 2.52 bits per heavy atom. The number of hydrogen-bond acceptors (Lipinski definition) is 2. The van der Waals surface area contributed by atoms with E-state index in [0.717, 1.165) is 23.9 Å². The van der Waals surface area contributed by atoms with Crippen LogP contribution in [-0.2, 0) is 6.18 Å². The van der Waals surface area contributed by atoms with Crippen LogP contribution < -0.4 is 5.32 Å². The number of pyridine rings is 1. The van der Waals surface area contributed by atoms with Crippen LogP contribution in [0.15, 0.2) is 41.0 Å². The van der Waals surface area contributed by atoms with Crippen molar-refractivity contribution in [1.29, 1.82) is 0 Å². The van der Waals surface area contributed by atoms with E-state index in [2.05, 4.69) is 26.2 Å². The number of carbonyl (C=O) groups excluding carboxylic acids is 1. The highest BCUT2D eigenvalue weighted by Crippen LogP contribution is 2.28. The fourth-order valence-corrected chi connectivity index (χ4v) is 2.10. The van der Waals surface area contributed by atoms with E-state index in [1.807, 2.05) is 13.0 Å². The summed E-state index contributed by atoms with van der Waals surface area (Å²) < 4.78 is 37.8. The number of anilines is 1. The lowest BCUT2D eigenvalue weighted by molar-refractivity contribution is -0.141. The second kappa shape index (κ2) is 5.85. The molecule has 1 N–H and O–H groups in total. The zero-order valence-electron chi connectivity index (χ0n) is 10.8. The molecule has 1 aromatic heterocycles. The van der Waals surface area contributed by atoms with Crippen molar-refractivity contribution in [3.63, 3.8) is 0 Å². The van der Waals surface area contributed by atoms with Gasteiger partial charge in [-0.1, -0.05) is 12.1 Å². The number of alkyl halides is 3. The van der Waals surface area contributed by atoms with Crippen molar-refractivity contribution in [2.24, 2.45) is 0 Å². The molecule has 0 saturated carbocycles. The van der Waals surface area contributed by atoms with Crippen LogP contribution in [0.3, 0.4) is 0 Å². The van der Waals surface area contributed by atoms with E-state index in [-0.39, 0.29) is 5.69 Å². The summed E-state index contributed by atoms with van der Waals surface area (Å²) >= 11 is 3.31. The van der Waals surface area contributed by atoms with Gasteiger partial charge < -0.3 is 5.32 Å². The average molecular weight is 359 g/mol. The number of nitrogens with one attached hydrogen (secondary N) is 1. The summed E-state index contributed by atoms with van der Waals surface area (Å²) in [6.07, 6.45) is -3.52. The lowest BCUT2D eigenvalue weighted by atomic mass is 10.1. The van der Waals surface area contributed by atoms with E-state index in [4.69, 9.17) is 0 Å². The van der Waals surface area contributed by atoms with Gasteiger partial charge in [0, 0.05) is 4.47 Å². The Hall–Kier alpha value is -1.89. The topological polar surface area (TPSA) is 42.0 Å². The normalized spacial score (nSPS) is 11.3. The van der Waals surface area contributed by atoms with Gasteiger partial charge in [0.15, 0.2) is 0 Å². The fraction of sp³-hybridized carbons (Fsp3) is 0.143. The fourth-order valence-electron chi connectivity index (χ4n) is 1.66. The molecule has 0 aliphatic carbocycles. The van der Waals surface area contributed by atoms with Crippen molar-refractivity contribution in [2.45, 2.75) is 13.1 Å². The lowest BCUT2D eigenvalue weighted by Gasteiger charge is -2.09. The highest BCUT2D eigenvalue weighted by molar-refractivity contribution is 9.10. The van der Waals surface area contributed by atoms with Crippen LogP contribution in [0.2, 0.25) is 0 Å². The third-order valence-electron chi connectivity index (χ3n) is 2.75. The maximum Gasteiger partial charge on any atom is 0.433 e. The SMILES string of the molecule is Cc1cccc(C(=O)Nc2ccc(C(F)(F)F)nc2)c1Br. The molecule has 0 spiro atoms. The van der Waals surface area contributed by atoms with Crippen molar-refractivity contribution in [3.8, 4) is 0 Å². The second-order valence-corrected chi connectivity index (χ2v) is 5.11. The minimum Gasteiger partial charge on any atom is -0.321 e. The van der Waals surface area contributed by atoms with Crippen LogP contribution in [0.25, 0.3) is 0 Å². The third kappa shape index (κ3) is 3.60. The van der Waals surface area contributed by atoms with Crippen LogP contribution in [0.1, 0.15) is 21.6 Å². The molecule has 1 amide bonds. The zero-order valence-corrected chi connectivity index (χ0v) is 12.4. The maximum absolute atomic E-state index is 12.4. The molecule has 0 aliphatic rings. The number of carbonyl (C=O) groups is 1. The molecule has 0 fully saturated rings. The molecule has 1 aromatic carbocycles. The van der Waals surface area contributed by atoms with Gasteiger partial charge in [0.2, 0.25) is 0 Å². The summed E-state index contributed by atoms with van der Waals surface area (Å²) in [5.74, 6) is -0.424. The number of amides is 1. The van der Waals surface area contributed by atoms with Gasteiger partial charge in [-0.05, 0) is 46.6 Å². The molecular formula is C14H10BrF3N2O. The van der Waals surface area contributed by atoms with Crippen LogP contribution in [0, 0.1) is 6.92 Å². The van der Waals surface area contributed by atoms with Gasteiger partial charge in [-0.2, -0.15) is 13.2 Å². The molecule has 2 rings (SSSR count). The minimum absolute atomic E-state index is 0.196. The lowest BCUT2D eigenvalue weighted by Crippen LogP contribution is -2.14. The average Bonchev–Trinajstić information content (AvgIpc) is 2.41. The molecule has 2 aromatic rings. The van der Waals surface area contributed by atoms with E-state index >= 15 is 0 Å². The largest absolute Gasteiger partial charge is 0.433 e. The summed E-state index contributed by atoms with van der Waals surface area (Å²) in [4.78, 5) is 15.4. The van der Waals surface area contributed by atoms with Crippen LogP contribution in [0.4, 0.5) is 18.9 Å². The number of hydrogen-bond donors (Lipinski definition) is 1. The zero-order chi connectivity index (χ0) is 15.6. The maximum atomic E-state index is 12.4. The molecular weight excluding hydrogens is 349 g/mol. The van der Waals surface area contributed by atoms with Crippen molar-refractivity contribution >= 4 is 27.5 Å². The van der Waals surface area contributed by atoms with E-state index in [1.54, 1.807) is 12.1 Å². The molecule has 1 heterocycles. The van der Waals surface area contributed by atoms with E-state index in [0.29, 0.717) is 10.0 Å². The Balaban J connectivity index is 2.18. The predicted molar refractivity (Wildman–Crippen MR) is 76.1 cm³/mol. The molecule has 0 saturated heterocycles. The number of aryl methyl sites for hydroxylation is 1. The molecule has 0 atom stereocenters. The first kappa shape index (κ1) is 15.5. The second-order valence-electron chi connectivity index (χ2n) is 4.32. The van der Waals surface area contributed by atoms with Gasteiger partial charge in [-0.3, -0.25) is 4.79 Å². The molecule has 110 valence electrons. The summed E-state index contributed by atoms with van der Waals surface area (Å²) in [5.41, 5.74) is 0.474. The standard InChI is InChI=1S/C14H10BrF3N2O/c1-8-3-2-4-10(12(8)15)13(21)20-9-5-6-11(19-7-9)14(16,17)18/h2-7H,1H3,(H,20,21). The summed E-state index contributed by atoms with van der Waals surface area (Å²) in [7, 11) is 0. The first-order chi connectivity index (χ1) is 9.79. The monoisotopic (exact) mass is 358 g/mol. The summed E-state index contributed by atoms with van der Waals surface area (Å²) in [6, 6.07) is 7.16. The quantitative estimate of drug-likeness (QED) is 0.862. The minimum atomic E-state index is -4.50. The van der Waals surface area contributed by atoms with Crippen molar-refractivity contribution in [3.05, 3.63) is 57.8 Å². The first-order valence-corrected chi connectivity index (χ1v) is 6.68. The van der Waals surface area contributed by atoms with Gasteiger partial charge >= 0.3 is 6.18 Å². The van der Waals surface area contributed by atoms with Crippen LogP contribution >= 0.6 is 15.9 Å². The van der Waals surface area contributed by atoms with E-state index in [1.165, 1.54) is 0 Å². The van der Waals surface area contributed by atoms with Gasteiger partial charge in [0.05, 0.1) is 17.4 Å². The van der Waals surface area contributed by atoms with Crippen molar-refractivity contribution in [2.75, 3.05) is 5.32 Å². The number of aromatic nitrogens is 1. The molecule has 3 nitrogen and oxygen atoms in total. The van der Waals surface area contributed by atoms with E-state index < -0.39 is 17.8 Å². The number of rotatable bonds is 2. The smallest absolute Gasteiger partial charge is 0.321 e. The Morgan fingerprint density at radius 2 is 1.95 bits per heavy atom. The highest BCUT2D eigenvalue weighted by atomic mass is 79.9. The van der Waals surface area contributed by atoms with Gasteiger partial charge in [0.25, 0.3) is 5.91 Å². The molecule has 0 unspecified atom stereocenters. The van der Waals surface area contributed by atoms with Gasteiger partial charge in [0.1, 0.15) is 5.69 Å². The molecule has 7 heteroatoms. The Kier molecular flexibility index (Phi) is 4.32. The molecule has 0 aliphatic heterocycles. The van der Waals surface area contributed by atoms with Crippen molar-refractivity contribution in [1.82, 2.24) is 4.98 Å². The van der Waals surface area contributed by atoms with Crippen molar-refractivity contribution < 1.29 is 18.0 Å². The predicted octanol–water partition coefficient (Wildman–Crippen LogP) is 4.42.